The lowest BCUT2D eigenvalue weighted by Gasteiger charge is -2.18. The summed E-state index contributed by atoms with van der Waals surface area (Å²) in [6, 6.07) is -0.0869. The largest absolute Gasteiger partial charge is 0.396 e. The van der Waals surface area contributed by atoms with Crippen LogP contribution in [0.2, 0.25) is 0 Å². The standard InChI is InChI=1S/C9H19NO4S/c1-8(9-3-5-14-7-9)10-15(12,13)6-2-4-11/h8-11H,2-7H2,1H3. The van der Waals surface area contributed by atoms with Crippen molar-refractivity contribution in [2.45, 2.75) is 25.8 Å². The molecule has 0 aromatic carbocycles. The van der Waals surface area contributed by atoms with Gasteiger partial charge in [-0.1, -0.05) is 0 Å². The van der Waals surface area contributed by atoms with Gasteiger partial charge < -0.3 is 9.84 Å². The Hall–Kier alpha value is -0.170. The molecule has 0 radical (unpaired) electrons. The van der Waals surface area contributed by atoms with Crippen LogP contribution in [-0.2, 0) is 14.8 Å². The number of hydrogen-bond acceptors (Lipinski definition) is 4. The zero-order chi connectivity index (χ0) is 11.3. The van der Waals surface area contributed by atoms with E-state index in [4.69, 9.17) is 9.84 Å². The maximum absolute atomic E-state index is 11.5. The van der Waals surface area contributed by atoms with Crippen LogP contribution in [-0.4, -0.2) is 45.1 Å². The minimum Gasteiger partial charge on any atom is -0.396 e. The second-order valence-electron chi connectivity index (χ2n) is 3.93. The lowest BCUT2D eigenvalue weighted by molar-refractivity contribution is 0.180. The molecular formula is C9H19NO4S. The molecule has 2 N–H and O–H groups in total. The van der Waals surface area contributed by atoms with Crippen molar-refractivity contribution in [3.63, 3.8) is 0 Å². The third kappa shape index (κ3) is 4.46. The summed E-state index contributed by atoms with van der Waals surface area (Å²) in [4.78, 5) is 0. The quantitative estimate of drug-likeness (QED) is 0.666. The van der Waals surface area contributed by atoms with Gasteiger partial charge in [-0.2, -0.15) is 0 Å². The number of ether oxygens (including phenoxy) is 1. The summed E-state index contributed by atoms with van der Waals surface area (Å²) in [6.07, 6.45) is 1.19. The lowest BCUT2D eigenvalue weighted by atomic mass is 10.0. The van der Waals surface area contributed by atoms with Crippen LogP contribution in [0.4, 0.5) is 0 Å². The molecule has 2 atom stereocenters. The highest BCUT2D eigenvalue weighted by atomic mass is 32.2. The molecule has 0 aromatic rings. The first-order valence-corrected chi connectivity index (χ1v) is 6.89. The van der Waals surface area contributed by atoms with E-state index in [2.05, 4.69) is 4.72 Å². The van der Waals surface area contributed by atoms with Crippen molar-refractivity contribution < 1.29 is 18.3 Å². The summed E-state index contributed by atoms with van der Waals surface area (Å²) in [6.45, 7) is 3.11. The van der Waals surface area contributed by atoms with Gasteiger partial charge in [-0.05, 0) is 19.8 Å². The molecular weight excluding hydrogens is 218 g/mol. The van der Waals surface area contributed by atoms with Crippen molar-refractivity contribution in [3.8, 4) is 0 Å². The van der Waals surface area contributed by atoms with Crippen LogP contribution in [0.1, 0.15) is 19.8 Å². The third-order valence-electron chi connectivity index (χ3n) is 2.61. The molecule has 2 unspecified atom stereocenters. The van der Waals surface area contributed by atoms with Crippen LogP contribution in [0.25, 0.3) is 0 Å². The number of sulfonamides is 1. The van der Waals surface area contributed by atoms with Gasteiger partial charge in [0, 0.05) is 25.2 Å². The van der Waals surface area contributed by atoms with E-state index in [1.165, 1.54) is 0 Å². The van der Waals surface area contributed by atoms with Crippen LogP contribution in [0.15, 0.2) is 0 Å². The smallest absolute Gasteiger partial charge is 0.211 e. The molecule has 90 valence electrons. The average molecular weight is 237 g/mol. The van der Waals surface area contributed by atoms with Crippen LogP contribution < -0.4 is 4.72 Å². The van der Waals surface area contributed by atoms with E-state index in [1.54, 1.807) is 0 Å². The van der Waals surface area contributed by atoms with Crippen LogP contribution in [0.3, 0.4) is 0 Å². The second kappa shape index (κ2) is 5.79. The Bertz CT molecular complexity index is 272. The summed E-state index contributed by atoms with van der Waals surface area (Å²) in [5.74, 6) is 0.260. The summed E-state index contributed by atoms with van der Waals surface area (Å²) < 4.78 is 30.8. The summed E-state index contributed by atoms with van der Waals surface area (Å²) in [5, 5.41) is 8.56. The van der Waals surface area contributed by atoms with Crippen LogP contribution >= 0.6 is 0 Å². The Morgan fingerprint density at radius 2 is 2.33 bits per heavy atom. The molecule has 0 bridgehead atoms. The van der Waals surface area contributed by atoms with Crippen molar-refractivity contribution in [2.24, 2.45) is 5.92 Å². The van der Waals surface area contributed by atoms with E-state index in [0.717, 1.165) is 6.42 Å². The molecule has 0 aromatic heterocycles. The Morgan fingerprint density at radius 1 is 1.60 bits per heavy atom. The highest BCUT2D eigenvalue weighted by Gasteiger charge is 2.25. The van der Waals surface area contributed by atoms with Gasteiger partial charge >= 0.3 is 0 Å². The highest BCUT2D eigenvalue weighted by molar-refractivity contribution is 7.89. The number of nitrogens with one attached hydrogen (secondary N) is 1. The Labute approximate surface area is 90.9 Å². The number of aliphatic hydroxyl groups excluding tert-OH is 1. The highest BCUT2D eigenvalue weighted by Crippen LogP contribution is 2.16. The maximum atomic E-state index is 11.5. The average Bonchev–Trinajstić information content (AvgIpc) is 2.67. The predicted octanol–water partition coefficient (Wildman–Crippen LogP) is -0.287. The van der Waals surface area contributed by atoms with Gasteiger partial charge in [-0.25, -0.2) is 13.1 Å². The first-order chi connectivity index (χ1) is 7.05. The molecule has 1 fully saturated rings. The monoisotopic (exact) mass is 237 g/mol. The first kappa shape index (κ1) is 12.9. The fourth-order valence-corrected chi connectivity index (χ4v) is 3.03. The lowest BCUT2D eigenvalue weighted by Crippen LogP contribution is -2.39. The molecule has 1 rings (SSSR count). The van der Waals surface area contributed by atoms with E-state index >= 15 is 0 Å². The van der Waals surface area contributed by atoms with Crippen LogP contribution in [0.5, 0.6) is 0 Å². The van der Waals surface area contributed by atoms with E-state index in [9.17, 15) is 8.42 Å². The molecule has 5 nitrogen and oxygen atoms in total. The molecule has 0 amide bonds. The molecule has 1 aliphatic rings. The van der Waals surface area contributed by atoms with Gasteiger partial charge in [0.2, 0.25) is 10.0 Å². The minimum absolute atomic E-state index is 0.0125. The second-order valence-corrected chi connectivity index (χ2v) is 5.80. The SMILES string of the molecule is CC(NS(=O)(=O)CCCO)C1CCOC1. The molecule has 0 saturated carbocycles. The molecule has 1 saturated heterocycles. The van der Waals surface area contributed by atoms with Crippen molar-refractivity contribution in [2.75, 3.05) is 25.6 Å². The van der Waals surface area contributed by atoms with Gasteiger partial charge in [0.15, 0.2) is 0 Å². The summed E-state index contributed by atoms with van der Waals surface area (Å²) in [5.41, 5.74) is 0. The Balaban J connectivity index is 2.38. The van der Waals surface area contributed by atoms with Crippen molar-refractivity contribution in [3.05, 3.63) is 0 Å². The number of rotatable bonds is 6. The van der Waals surface area contributed by atoms with E-state index in [0.29, 0.717) is 13.2 Å². The molecule has 1 aliphatic heterocycles. The third-order valence-corrected chi connectivity index (χ3v) is 4.17. The zero-order valence-electron chi connectivity index (χ0n) is 8.98. The Morgan fingerprint density at radius 3 is 2.87 bits per heavy atom. The summed E-state index contributed by atoms with van der Waals surface area (Å²) in [7, 11) is -3.25. The van der Waals surface area contributed by atoms with Crippen molar-refractivity contribution in [1.82, 2.24) is 4.72 Å². The molecule has 6 heteroatoms. The van der Waals surface area contributed by atoms with Crippen molar-refractivity contribution >= 4 is 10.0 Å². The first-order valence-electron chi connectivity index (χ1n) is 5.24. The van der Waals surface area contributed by atoms with Gasteiger partial charge in [-0.15, -0.1) is 0 Å². The molecule has 15 heavy (non-hydrogen) atoms. The van der Waals surface area contributed by atoms with Gasteiger partial charge in [0.25, 0.3) is 0 Å². The molecule has 1 heterocycles. The fourth-order valence-electron chi connectivity index (χ4n) is 1.64. The van der Waals surface area contributed by atoms with Gasteiger partial charge in [0.05, 0.1) is 12.4 Å². The fraction of sp³-hybridized carbons (Fsp3) is 1.00. The zero-order valence-corrected chi connectivity index (χ0v) is 9.79. The Kier molecular flexibility index (Phi) is 4.98. The van der Waals surface area contributed by atoms with E-state index in [-0.39, 0.29) is 30.7 Å². The minimum atomic E-state index is -3.25. The summed E-state index contributed by atoms with van der Waals surface area (Å²) >= 11 is 0. The van der Waals surface area contributed by atoms with Crippen molar-refractivity contribution in [1.29, 1.82) is 0 Å². The topological polar surface area (TPSA) is 75.6 Å². The predicted molar refractivity (Wildman–Crippen MR) is 57.0 cm³/mol. The number of aliphatic hydroxyl groups is 1. The number of hydrogen-bond donors (Lipinski definition) is 2. The maximum Gasteiger partial charge on any atom is 0.211 e. The van der Waals surface area contributed by atoms with Gasteiger partial charge in [0.1, 0.15) is 0 Å². The molecule has 0 spiro atoms. The molecule has 0 aliphatic carbocycles. The van der Waals surface area contributed by atoms with E-state index in [1.807, 2.05) is 6.92 Å². The van der Waals surface area contributed by atoms with E-state index < -0.39 is 10.0 Å². The normalized spacial score (nSPS) is 24.3. The van der Waals surface area contributed by atoms with Gasteiger partial charge in [-0.3, -0.25) is 0 Å². The van der Waals surface area contributed by atoms with Crippen LogP contribution in [0, 0.1) is 5.92 Å².